The molecule has 9 nitrogen and oxygen atoms in total. The van der Waals surface area contributed by atoms with E-state index in [0.717, 1.165) is 103 Å². The number of nitrogens with zero attached hydrogens (tertiary/aromatic N) is 1. The maximum atomic E-state index is 12.9. The molecule has 102 heavy (non-hydrogen) atoms. The predicted octanol–water partition coefficient (Wildman–Crippen LogP) is 29.1. The first kappa shape index (κ1) is 98.2. The largest absolute Gasteiger partial charge is 0.472 e. The first-order valence-electron chi connectivity index (χ1n) is 42.9. The van der Waals surface area contributed by atoms with Crippen LogP contribution in [0.25, 0.3) is 0 Å². The Bertz CT molecular complexity index is 2190. The second kappa shape index (κ2) is 81.2. The molecule has 0 fully saturated rings. The van der Waals surface area contributed by atoms with Crippen LogP contribution in [0.3, 0.4) is 0 Å². The summed E-state index contributed by atoms with van der Waals surface area (Å²) in [4.78, 5) is 36.0. The molecule has 0 saturated carbocycles. The first-order chi connectivity index (χ1) is 50.0. The van der Waals surface area contributed by atoms with Gasteiger partial charge in [0.1, 0.15) is 19.8 Å². The average molecular weight is 1440 g/mol. The summed E-state index contributed by atoms with van der Waals surface area (Å²) in [7, 11) is 1.48. The van der Waals surface area contributed by atoms with Gasteiger partial charge in [-0.25, -0.2) is 4.57 Å². The number of ether oxygens (including phenoxy) is 2. The van der Waals surface area contributed by atoms with Crippen LogP contribution in [0.2, 0.25) is 0 Å². The third-order valence-electron chi connectivity index (χ3n) is 18.7. The molecule has 588 valence electrons. The molecule has 2 unspecified atom stereocenters. The zero-order valence-corrected chi connectivity index (χ0v) is 68.2. The Hall–Kier alpha value is -3.85. The van der Waals surface area contributed by atoms with Gasteiger partial charge in [-0.15, -0.1) is 0 Å². The summed E-state index contributed by atoms with van der Waals surface area (Å²) in [5.74, 6) is -0.789. The van der Waals surface area contributed by atoms with E-state index in [-0.39, 0.29) is 32.0 Å². The smallest absolute Gasteiger partial charge is 0.462 e. The zero-order valence-electron chi connectivity index (χ0n) is 67.3. The molecule has 0 aromatic rings. The second-order valence-corrected chi connectivity index (χ2v) is 31.3. The molecule has 0 aromatic carbocycles. The number of unbranched alkanes of at least 4 members (excludes halogenated alkanes) is 43. The highest BCUT2D eigenvalue weighted by molar-refractivity contribution is 7.47. The molecule has 0 heterocycles. The first-order valence-corrected chi connectivity index (χ1v) is 44.4. The van der Waals surface area contributed by atoms with Crippen molar-refractivity contribution in [3.8, 4) is 0 Å². The van der Waals surface area contributed by atoms with Gasteiger partial charge in [-0.05, 0) is 116 Å². The number of rotatable bonds is 79. The van der Waals surface area contributed by atoms with Gasteiger partial charge in [-0.3, -0.25) is 18.6 Å². The predicted molar refractivity (Wildman–Crippen MR) is 445 cm³/mol. The van der Waals surface area contributed by atoms with Crippen LogP contribution in [0, 0.1) is 0 Å². The lowest BCUT2D eigenvalue weighted by molar-refractivity contribution is -0.870. The van der Waals surface area contributed by atoms with Gasteiger partial charge in [-0.1, -0.05) is 392 Å². The molecule has 0 aliphatic carbocycles. The van der Waals surface area contributed by atoms with E-state index in [9.17, 15) is 19.0 Å². The molecular formula is C92H163NO8P+. The van der Waals surface area contributed by atoms with E-state index < -0.39 is 26.5 Å². The highest BCUT2D eigenvalue weighted by Crippen LogP contribution is 2.43. The Balaban J connectivity index is 3.94. The monoisotopic (exact) mass is 1440 g/mol. The number of allylic oxidation sites excluding steroid dienone is 22. The van der Waals surface area contributed by atoms with Crippen molar-refractivity contribution in [2.75, 3.05) is 47.5 Å². The van der Waals surface area contributed by atoms with Gasteiger partial charge in [0.05, 0.1) is 27.7 Å². The van der Waals surface area contributed by atoms with Gasteiger partial charge in [0, 0.05) is 12.8 Å². The van der Waals surface area contributed by atoms with Crippen molar-refractivity contribution in [1.29, 1.82) is 0 Å². The summed E-state index contributed by atoms with van der Waals surface area (Å²) in [6, 6.07) is 0. The number of phosphoric ester groups is 1. The Morgan fingerprint density at radius 3 is 0.833 bits per heavy atom. The fourth-order valence-corrected chi connectivity index (χ4v) is 12.9. The third kappa shape index (κ3) is 85.1. The van der Waals surface area contributed by atoms with Crippen LogP contribution in [-0.4, -0.2) is 74.9 Å². The van der Waals surface area contributed by atoms with Gasteiger partial charge in [0.25, 0.3) is 0 Å². The van der Waals surface area contributed by atoms with E-state index in [0.29, 0.717) is 17.4 Å². The van der Waals surface area contributed by atoms with Crippen molar-refractivity contribution >= 4 is 19.8 Å². The SMILES string of the molecule is CC/C=C\C/C=C\C/C=C\C/C=C\C/C=C\C/C=C\C/C=C\C/C=C\CCCCCCCCCCCCCCC(=O)OC(COC(=O)CCCCCCCCCCCCCCCCCCCCCCCCCCCC/C=C\C/C=C\C/C=C\CCCCCCC)COP(=O)(O)OCC[N+](C)(C)C. The van der Waals surface area contributed by atoms with Crippen LogP contribution in [0.4, 0.5) is 0 Å². The quantitative estimate of drug-likeness (QED) is 0.0211. The summed E-state index contributed by atoms with van der Waals surface area (Å²) in [6.45, 7) is 4.34. The highest BCUT2D eigenvalue weighted by Gasteiger charge is 2.27. The molecule has 10 heteroatoms. The van der Waals surface area contributed by atoms with Crippen LogP contribution >= 0.6 is 7.82 Å². The molecule has 1 N–H and O–H groups in total. The van der Waals surface area contributed by atoms with Crippen molar-refractivity contribution in [2.45, 2.75) is 392 Å². The normalized spacial score (nSPS) is 13.7. The molecule has 0 aliphatic rings. The van der Waals surface area contributed by atoms with Crippen LogP contribution in [0.1, 0.15) is 386 Å². The van der Waals surface area contributed by atoms with Gasteiger partial charge < -0.3 is 18.9 Å². The number of phosphoric acid groups is 1. The Morgan fingerprint density at radius 2 is 0.559 bits per heavy atom. The minimum absolute atomic E-state index is 0.0283. The van der Waals surface area contributed by atoms with Crippen molar-refractivity contribution in [3.63, 3.8) is 0 Å². The van der Waals surface area contributed by atoms with Crippen LogP contribution < -0.4 is 0 Å². The van der Waals surface area contributed by atoms with E-state index >= 15 is 0 Å². The molecule has 0 spiro atoms. The maximum absolute atomic E-state index is 12.9. The molecular weight excluding hydrogens is 1280 g/mol. The van der Waals surface area contributed by atoms with Crippen LogP contribution in [0.5, 0.6) is 0 Å². The Morgan fingerprint density at radius 1 is 0.314 bits per heavy atom. The van der Waals surface area contributed by atoms with Crippen molar-refractivity contribution < 1.29 is 42.1 Å². The zero-order chi connectivity index (χ0) is 74.0. The Labute approximate surface area is 631 Å². The number of hydrogen-bond donors (Lipinski definition) is 1. The minimum atomic E-state index is -4.40. The third-order valence-corrected chi connectivity index (χ3v) is 19.6. The molecule has 0 saturated heterocycles. The molecule has 0 rings (SSSR count). The number of carbonyl (C=O) groups excluding carboxylic acids is 2. The lowest BCUT2D eigenvalue weighted by atomic mass is 10.0. The maximum Gasteiger partial charge on any atom is 0.472 e. The molecule has 0 amide bonds. The Kier molecular flexibility index (Phi) is 78.2. The van der Waals surface area contributed by atoms with Crippen molar-refractivity contribution in [1.82, 2.24) is 0 Å². The molecule has 2 atom stereocenters. The van der Waals surface area contributed by atoms with Gasteiger partial charge in [0.15, 0.2) is 6.10 Å². The number of esters is 2. The fourth-order valence-electron chi connectivity index (χ4n) is 12.2. The topological polar surface area (TPSA) is 108 Å². The summed E-state index contributed by atoms with van der Waals surface area (Å²) in [5, 5.41) is 0. The fraction of sp³-hybridized carbons (Fsp3) is 0.739. The molecule has 0 radical (unpaired) electrons. The summed E-state index contributed by atoms with van der Waals surface area (Å²) < 4.78 is 34.9. The number of hydrogen-bond acceptors (Lipinski definition) is 7. The molecule has 0 bridgehead atoms. The van der Waals surface area contributed by atoms with Crippen molar-refractivity contribution in [3.05, 3.63) is 134 Å². The minimum Gasteiger partial charge on any atom is -0.462 e. The summed E-state index contributed by atoms with van der Waals surface area (Å²) in [5.41, 5.74) is 0. The number of likely N-dealkylation sites (N-methyl/N-ethyl adjacent to an activating group) is 1. The standard InChI is InChI=1S/C92H162NO8P/c1-6-8-10-12-14-16-18-20-22-24-26-28-30-32-34-36-38-40-42-44-45-46-47-49-50-52-54-56-58-60-62-64-66-68-70-72-74-76-78-80-82-84-91(94)98-88-90(89-100-102(96,97)99-87-86-93(3,4)5)101-92(95)85-83-81-79-77-75-73-71-69-67-65-63-61-59-57-55-53-51-48-43-41-39-37-35-33-31-29-27-25-23-21-19-17-15-13-11-9-7-2/h9,11,15,17-18,20-21,23-24,26-27,29-30,32-33,35,39,41,48,51,55,57,90H,6-8,10,12-14,16,19,22,25,28,31,34,36-38,40,42-47,49-50,52-54,56,58-89H2,1-5H3/p+1/b11-9-,17-15-,20-18-,23-21-,26-24-,29-27-,32-30-,35-33-,41-39-,51-48-,57-55-. The molecule has 0 aromatic heterocycles. The average Bonchev–Trinajstić information content (AvgIpc) is 0.913. The van der Waals surface area contributed by atoms with Crippen molar-refractivity contribution in [2.24, 2.45) is 0 Å². The summed E-state index contributed by atoms with van der Waals surface area (Å²) >= 11 is 0. The van der Waals surface area contributed by atoms with Gasteiger partial charge in [-0.2, -0.15) is 0 Å². The summed E-state index contributed by atoms with van der Waals surface area (Å²) in [6.07, 6.45) is 119. The number of carbonyl (C=O) groups is 2. The second-order valence-electron chi connectivity index (χ2n) is 29.8. The highest BCUT2D eigenvalue weighted by atomic mass is 31.2. The van der Waals surface area contributed by atoms with Crippen LogP contribution in [-0.2, 0) is 32.7 Å². The van der Waals surface area contributed by atoms with Gasteiger partial charge in [0.2, 0.25) is 0 Å². The molecule has 0 aliphatic heterocycles. The van der Waals surface area contributed by atoms with E-state index in [2.05, 4.69) is 148 Å². The lowest BCUT2D eigenvalue weighted by Gasteiger charge is -2.24. The van der Waals surface area contributed by atoms with E-state index in [1.807, 2.05) is 21.1 Å². The van der Waals surface area contributed by atoms with E-state index in [1.165, 1.54) is 250 Å². The number of quaternary nitrogens is 1. The van der Waals surface area contributed by atoms with Crippen LogP contribution in [0.15, 0.2) is 134 Å². The van der Waals surface area contributed by atoms with E-state index in [1.54, 1.807) is 0 Å². The van der Waals surface area contributed by atoms with E-state index in [4.69, 9.17) is 18.5 Å². The van der Waals surface area contributed by atoms with Gasteiger partial charge >= 0.3 is 19.8 Å². The lowest BCUT2D eigenvalue weighted by Crippen LogP contribution is -2.37.